The molecular weight excluding hydrogens is 620 g/mol. The number of aliphatic carboxylic acids is 1. The third-order valence-electron chi connectivity index (χ3n) is 6.11. The highest BCUT2D eigenvalue weighted by atomic mass is 16.6. The maximum Gasteiger partial charge on any atom is 0.305 e. The summed E-state index contributed by atoms with van der Waals surface area (Å²) < 4.78 is 48.6. The highest BCUT2D eigenvalue weighted by molar-refractivity contribution is 5.86. The van der Waals surface area contributed by atoms with Crippen molar-refractivity contribution in [1.29, 1.82) is 0 Å². The average Bonchev–Trinajstić information content (AvgIpc) is 3.03. The first-order valence-corrected chi connectivity index (χ1v) is 16.7. The van der Waals surface area contributed by atoms with Crippen LogP contribution in [0, 0.1) is 5.92 Å². The fourth-order valence-electron chi connectivity index (χ4n) is 3.76. The topological polar surface area (TPSA) is 179 Å². The summed E-state index contributed by atoms with van der Waals surface area (Å²) in [5, 5.41) is 14.6. The van der Waals surface area contributed by atoms with Crippen molar-refractivity contribution in [3.8, 4) is 0 Å². The predicted molar refractivity (Wildman–Crippen MR) is 174 cm³/mol. The van der Waals surface area contributed by atoms with Gasteiger partial charge < -0.3 is 58.4 Å². The predicted octanol–water partition coefficient (Wildman–Crippen LogP) is 1.10. The number of hydrogen-bond donors (Lipinski definition) is 3. The highest BCUT2D eigenvalue weighted by Gasteiger charge is 2.22. The van der Waals surface area contributed by atoms with Gasteiger partial charge in [0.15, 0.2) is 5.78 Å². The summed E-state index contributed by atoms with van der Waals surface area (Å²) >= 11 is 0. The number of rotatable bonds is 37. The number of amides is 1. The zero-order chi connectivity index (χ0) is 34.8. The Kier molecular flexibility index (Phi) is 32.8. The minimum absolute atomic E-state index is 0.00786. The van der Waals surface area contributed by atoms with Gasteiger partial charge in [-0.15, -0.1) is 0 Å². The fraction of sp³-hybridized carbons (Fsp3) is 0.906. The van der Waals surface area contributed by atoms with E-state index in [1.54, 1.807) is 0 Å². The first kappa shape index (κ1) is 45.2. The zero-order valence-electron chi connectivity index (χ0n) is 29.1. The maximum absolute atomic E-state index is 12.3. The van der Waals surface area contributed by atoms with Gasteiger partial charge in [0, 0.05) is 24.9 Å². The van der Waals surface area contributed by atoms with E-state index in [1.807, 2.05) is 27.7 Å². The largest absolute Gasteiger partial charge is 0.481 e. The first-order valence-electron chi connectivity index (χ1n) is 16.7. The number of carboxylic acid groups (broad SMARTS) is 1. The van der Waals surface area contributed by atoms with Gasteiger partial charge in [-0.3, -0.25) is 14.4 Å². The summed E-state index contributed by atoms with van der Waals surface area (Å²) in [5.41, 5.74) is 0. The molecule has 0 aliphatic rings. The monoisotopic (exact) mass is 682 g/mol. The number of ketones is 1. The molecule has 3 N–H and O–H groups in total. The van der Waals surface area contributed by atoms with Crippen molar-refractivity contribution in [3.63, 3.8) is 0 Å². The van der Waals surface area contributed by atoms with Gasteiger partial charge in [-0.2, -0.15) is 0 Å². The third kappa shape index (κ3) is 33.9. The summed E-state index contributed by atoms with van der Waals surface area (Å²) in [6.07, 6.45) is 0.759. The molecule has 0 bridgehead atoms. The van der Waals surface area contributed by atoms with E-state index in [2.05, 4.69) is 10.6 Å². The number of nitrogens with one attached hydrogen (secondary N) is 2. The van der Waals surface area contributed by atoms with E-state index in [0.717, 1.165) is 0 Å². The van der Waals surface area contributed by atoms with Crippen molar-refractivity contribution in [1.82, 2.24) is 10.6 Å². The highest BCUT2D eigenvalue weighted by Crippen LogP contribution is 2.07. The Morgan fingerprint density at radius 3 is 1.17 bits per heavy atom. The van der Waals surface area contributed by atoms with Crippen molar-refractivity contribution in [2.75, 3.05) is 125 Å². The third-order valence-corrected chi connectivity index (χ3v) is 6.11. The number of hydrogen-bond acceptors (Lipinski definition) is 13. The Balaban J connectivity index is 3.30. The van der Waals surface area contributed by atoms with Crippen molar-refractivity contribution in [2.45, 2.75) is 59.0 Å². The molecule has 0 heterocycles. The van der Waals surface area contributed by atoms with Crippen LogP contribution < -0.4 is 10.6 Å². The van der Waals surface area contributed by atoms with Gasteiger partial charge in [0.25, 0.3) is 0 Å². The SMILES string of the molecule is CC(C)N[C@@H](CCC(=O)NCCOCCOCCOCCOCCOCCOCCOCCOCCOCCC(=O)O)C(=O)C(C)C. The van der Waals surface area contributed by atoms with Gasteiger partial charge in [0.05, 0.1) is 131 Å². The molecule has 0 aliphatic heterocycles. The molecule has 47 heavy (non-hydrogen) atoms. The van der Waals surface area contributed by atoms with E-state index in [0.29, 0.717) is 125 Å². The van der Waals surface area contributed by atoms with Crippen LogP contribution in [0.5, 0.6) is 0 Å². The van der Waals surface area contributed by atoms with E-state index in [4.69, 9.17) is 47.7 Å². The number of carboxylic acids is 1. The molecule has 0 unspecified atom stereocenters. The van der Waals surface area contributed by atoms with Gasteiger partial charge in [0.2, 0.25) is 5.91 Å². The first-order chi connectivity index (χ1) is 22.7. The van der Waals surface area contributed by atoms with Gasteiger partial charge in [0.1, 0.15) is 0 Å². The fourth-order valence-corrected chi connectivity index (χ4v) is 3.76. The second kappa shape index (κ2) is 34.1. The molecule has 0 fully saturated rings. The summed E-state index contributed by atoms with van der Waals surface area (Å²) in [4.78, 5) is 34.8. The molecule has 278 valence electrons. The number of Topliss-reactive ketones (excluding diaryl/α,β-unsaturated/α-hetero) is 1. The molecule has 0 radical (unpaired) electrons. The maximum atomic E-state index is 12.3. The van der Waals surface area contributed by atoms with Crippen molar-refractivity contribution < 1.29 is 62.1 Å². The van der Waals surface area contributed by atoms with Crippen LogP contribution in [0.4, 0.5) is 0 Å². The van der Waals surface area contributed by atoms with E-state index in [1.165, 1.54) is 0 Å². The molecule has 0 rings (SSSR count). The number of carbonyl (C=O) groups excluding carboxylic acids is 2. The van der Waals surface area contributed by atoms with Gasteiger partial charge >= 0.3 is 5.97 Å². The van der Waals surface area contributed by atoms with Crippen LogP contribution in [0.25, 0.3) is 0 Å². The van der Waals surface area contributed by atoms with Gasteiger partial charge in [-0.25, -0.2) is 0 Å². The van der Waals surface area contributed by atoms with Crippen molar-refractivity contribution in [3.05, 3.63) is 0 Å². The molecule has 0 saturated heterocycles. The Morgan fingerprint density at radius 2 is 0.851 bits per heavy atom. The summed E-state index contributed by atoms with van der Waals surface area (Å²) in [7, 11) is 0. The van der Waals surface area contributed by atoms with Crippen LogP contribution in [-0.2, 0) is 57.0 Å². The smallest absolute Gasteiger partial charge is 0.305 e. The Morgan fingerprint density at radius 1 is 0.511 bits per heavy atom. The lowest BCUT2D eigenvalue weighted by molar-refractivity contribution is -0.138. The molecule has 0 aromatic heterocycles. The van der Waals surface area contributed by atoms with E-state index >= 15 is 0 Å². The summed E-state index contributed by atoms with van der Waals surface area (Å²) in [5.74, 6) is -0.913. The quantitative estimate of drug-likeness (QED) is 0.0794. The summed E-state index contributed by atoms with van der Waals surface area (Å²) in [6.45, 7) is 15.9. The second-order valence-corrected chi connectivity index (χ2v) is 11.0. The van der Waals surface area contributed by atoms with Crippen molar-refractivity contribution in [2.24, 2.45) is 5.92 Å². The molecule has 0 spiro atoms. The molecular formula is C32H62N2O13. The minimum atomic E-state index is -0.879. The second-order valence-electron chi connectivity index (χ2n) is 11.0. The van der Waals surface area contributed by atoms with Crippen LogP contribution >= 0.6 is 0 Å². The normalized spacial score (nSPS) is 12.2. The van der Waals surface area contributed by atoms with Crippen LogP contribution in [-0.4, -0.2) is 160 Å². The molecule has 15 nitrogen and oxygen atoms in total. The molecule has 0 saturated carbocycles. The molecule has 0 aromatic carbocycles. The molecule has 1 atom stereocenters. The Bertz CT molecular complexity index is 744. The van der Waals surface area contributed by atoms with Crippen LogP contribution in [0.15, 0.2) is 0 Å². The van der Waals surface area contributed by atoms with E-state index in [9.17, 15) is 14.4 Å². The molecule has 0 aliphatic carbocycles. The Hall–Kier alpha value is -1.79. The lowest BCUT2D eigenvalue weighted by atomic mass is 9.97. The number of carbonyl (C=O) groups is 3. The van der Waals surface area contributed by atoms with Crippen LogP contribution in [0.2, 0.25) is 0 Å². The average molecular weight is 683 g/mol. The van der Waals surface area contributed by atoms with Gasteiger partial charge in [-0.1, -0.05) is 27.7 Å². The number of ether oxygens (including phenoxy) is 9. The lowest BCUT2D eigenvalue weighted by Gasteiger charge is -2.21. The molecule has 15 heteroatoms. The minimum Gasteiger partial charge on any atom is -0.481 e. The van der Waals surface area contributed by atoms with E-state index in [-0.39, 0.29) is 49.1 Å². The summed E-state index contributed by atoms with van der Waals surface area (Å²) in [6, 6.07) is -0.133. The molecule has 0 aromatic rings. The Labute approximate surface area is 280 Å². The molecule has 1 amide bonds. The van der Waals surface area contributed by atoms with Crippen LogP contribution in [0.1, 0.15) is 47.0 Å². The zero-order valence-corrected chi connectivity index (χ0v) is 29.1. The standard InChI is InChI=1S/C32H62N2O13/c1-27(2)32(38)29(34-28(3)4)5-6-30(35)33-8-10-40-12-14-42-16-18-44-20-22-46-24-26-47-25-23-45-21-19-43-17-15-41-13-11-39-9-7-31(36)37/h27-29,34H,5-26H2,1-4H3,(H,33,35)(H,36,37)/t29-/m0/s1. The van der Waals surface area contributed by atoms with Crippen LogP contribution in [0.3, 0.4) is 0 Å². The van der Waals surface area contributed by atoms with E-state index < -0.39 is 5.97 Å². The lowest BCUT2D eigenvalue weighted by Crippen LogP contribution is -2.43. The van der Waals surface area contributed by atoms with Gasteiger partial charge in [-0.05, 0) is 6.42 Å². The van der Waals surface area contributed by atoms with Crippen molar-refractivity contribution >= 4 is 17.7 Å².